The van der Waals surface area contributed by atoms with Gasteiger partial charge in [0.15, 0.2) is 10.9 Å². The third-order valence-corrected chi connectivity index (χ3v) is 15.6. The normalized spacial score (nSPS) is 13.2. The third kappa shape index (κ3) is 12.0. The number of carbonyl (C=O) groups excluding carboxylic acids is 2. The van der Waals surface area contributed by atoms with Crippen molar-refractivity contribution in [3.05, 3.63) is 164 Å². The molecule has 0 radical (unpaired) electrons. The Bertz CT molecular complexity index is 3170. The Kier molecular flexibility index (Phi) is 16.5. The molecule has 0 bridgehead atoms. The van der Waals surface area contributed by atoms with Crippen LogP contribution in [0.2, 0.25) is 0 Å². The molecule has 0 saturated carbocycles. The number of carbonyl (C=O) groups is 2. The van der Waals surface area contributed by atoms with Crippen LogP contribution in [0.1, 0.15) is 45.7 Å². The van der Waals surface area contributed by atoms with Crippen molar-refractivity contribution in [2.45, 2.75) is 52.0 Å². The van der Waals surface area contributed by atoms with Gasteiger partial charge in [-0.15, -0.1) is 22.7 Å². The van der Waals surface area contributed by atoms with Gasteiger partial charge in [-0.1, -0.05) is 24.3 Å². The van der Waals surface area contributed by atoms with E-state index in [4.69, 9.17) is 14.2 Å². The molecule has 0 spiro atoms. The lowest BCUT2D eigenvalue weighted by Crippen LogP contribution is -2.48. The monoisotopic (exact) mass is 1020 g/mol. The van der Waals surface area contributed by atoms with Gasteiger partial charge in [0.05, 0.1) is 38.4 Å². The zero-order chi connectivity index (χ0) is 52.1. The predicted octanol–water partition coefficient (Wildman–Crippen LogP) is 9.15. The van der Waals surface area contributed by atoms with Gasteiger partial charge >= 0.3 is 0 Å². The second-order valence-electron chi connectivity index (χ2n) is 19.1. The predicted molar refractivity (Wildman–Crippen MR) is 297 cm³/mol. The summed E-state index contributed by atoms with van der Waals surface area (Å²) in [7, 11) is 7.67. The largest absolute Gasteiger partial charge is 0.491 e. The lowest BCUT2D eigenvalue weighted by molar-refractivity contribution is 0.00180. The molecule has 4 unspecified atom stereocenters. The van der Waals surface area contributed by atoms with E-state index < -0.39 is 24.3 Å². The molecule has 13 nitrogen and oxygen atoms in total. The number of amides is 2. The first-order chi connectivity index (χ1) is 35.0. The highest BCUT2D eigenvalue weighted by Crippen LogP contribution is 2.32. The van der Waals surface area contributed by atoms with Gasteiger partial charge in [0.25, 0.3) is 11.8 Å². The molecule has 6 aromatic carbocycles. The number of ether oxygens (including phenoxy) is 3. The van der Waals surface area contributed by atoms with E-state index in [9.17, 15) is 29.4 Å². The third-order valence-electron chi connectivity index (χ3n) is 12.9. The molecule has 0 saturated heterocycles. The Morgan fingerprint density at radius 3 is 1.26 bits per heavy atom. The number of anilines is 2. The zero-order valence-electron chi connectivity index (χ0n) is 42.5. The van der Waals surface area contributed by atoms with Gasteiger partial charge in [0.1, 0.15) is 36.9 Å². The highest BCUT2D eigenvalue weighted by atomic mass is 32.1. The van der Waals surface area contributed by atoms with Gasteiger partial charge in [-0.25, -0.2) is 0 Å². The number of hydrogen-bond donors (Lipinski definition) is 2. The number of benzene rings is 6. The molecule has 380 valence electrons. The van der Waals surface area contributed by atoms with Gasteiger partial charge in [-0.3, -0.25) is 19.2 Å². The average molecular weight is 1020 g/mol. The number of fused-ring (bicyclic) bond motifs is 4. The number of rotatable bonds is 20. The lowest BCUT2D eigenvalue weighted by atomic mass is 10.1. The minimum absolute atomic E-state index is 0.0507. The van der Waals surface area contributed by atoms with Gasteiger partial charge in [0.2, 0.25) is 0 Å². The number of aryl methyl sites for hydroxylation is 2. The molecule has 2 N–H and O–H groups in total. The van der Waals surface area contributed by atoms with E-state index in [0.29, 0.717) is 44.2 Å². The molecule has 4 atom stereocenters. The minimum Gasteiger partial charge on any atom is -0.491 e. The molecule has 2 amide bonds. The average Bonchev–Trinajstić information content (AvgIpc) is 3.38. The molecular formula is C58H62N4O9S2. The number of aliphatic hydroxyl groups is 2. The molecule has 8 aromatic rings. The van der Waals surface area contributed by atoms with Crippen LogP contribution in [0, 0.1) is 13.8 Å². The van der Waals surface area contributed by atoms with Gasteiger partial charge in [-0.05, 0) is 136 Å². The summed E-state index contributed by atoms with van der Waals surface area (Å²) < 4.78 is 22.1. The van der Waals surface area contributed by atoms with Crippen molar-refractivity contribution in [1.29, 1.82) is 0 Å². The van der Waals surface area contributed by atoms with Crippen LogP contribution < -0.4 is 30.1 Å². The molecule has 73 heavy (non-hydrogen) atoms. The molecule has 0 aliphatic heterocycles. The Morgan fingerprint density at radius 2 is 0.890 bits per heavy atom. The van der Waals surface area contributed by atoms with E-state index in [0.717, 1.165) is 41.3 Å². The fourth-order valence-electron chi connectivity index (χ4n) is 8.85. The van der Waals surface area contributed by atoms with Gasteiger partial charge in [-0.2, -0.15) is 0 Å². The summed E-state index contributed by atoms with van der Waals surface area (Å²) in [6, 6.07) is 35.5. The highest BCUT2D eigenvalue weighted by molar-refractivity contribution is 7.25. The minimum atomic E-state index is -1.12. The summed E-state index contributed by atoms with van der Waals surface area (Å²) in [5.41, 5.74) is 4.28. The van der Waals surface area contributed by atoms with Crippen molar-refractivity contribution in [3.8, 4) is 11.5 Å². The molecule has 15 heteroatoms. The maximum Gasteiger partial charge on any atom is 0.254 e. The molecular weight excluding hydrogens is 961 g/mol. The maximum absolute atomic E-state index is 14.3. The van der Waals surface area contributed by atoms with Gasteiger partial charge in [0, 0.05) is 91.0 Å². The van der Waals surface area contributed by atoms with Crippen molar-refractivity contribution in [3.63, 3.8) is 0 Å². The summed E-state index contributed by atoms with van der Waals surface area (Å²) in [5.74, 6) is 0.239. The SMILES string of the molecule is Cc1cc(OCC(O)CN(C(=O)c2ccc(N(C)C)cc2)C(C)COCC(C)N(CC(O)COc2cc(C)c3sc4ccccc4c(=O)c3c2)C(=O)c2ccc(N(C)C)cc2)cc2c(=O)c3ccccc3sc12. The number of hydrogen-bond acceptors (Lipinski definition) is 13. The maximum atomic E-state index is 14.3. The van der Waals surface area contributed by atoms with Crippen LogP contribution in [-0.2, 0) is 4.74 Å². The van der Waals surface area contributed by atoms with Gasteiger partial charge < -0.3 is 44.0 Å². The molecule has 0 fully saturated rings. The van der Waals surface area contributed by atoms with Crippen molar-refractivity contribution >= 4 is 86.2 Å². The second-order valence-corrected chi connectivity index (χ2v) is 21.2. The quantitative estimate of drug-likeness (QED) is 0.0705. The van der Waals surface area contributed by atoms with Crippen LogP contribution in [0.3, 0.4) is 0 Å². The summed E-state index contributed by atoms with van der Waals surface area (Å²) in [4.78, 5) is 62.7. The first-order valence-electron chi connectivity index (χ1n) is 24.3. The van der Waals surface area contributed by atoms with Crippen LogP contribution in [0.15, 0.2) is 131 Å². The van der Waals surface area contributed by atoms with Crippen molar-refractivity contribution in [1.82, 2.24) is 9.80 Å². The smallest absolute Gasteiger partial charge is 0.254 e. The van der Waals surface area contributed by atoms with E-state index >= 15 is 0 Å². The molecule has 0 aliphatic carbocycles. The molecule has 2 aromatic heterocycles. The van der Waals surface area contributed by atoms with Crippen LogP contribution in [0.4, 0.5) is 11.4 Å². The van der Waals surface area contributed by atoms with Crippen molar-refractivity contribution in [2.24, 2.45) is 0 Å². The number of nitrogens with zero attached hydrogens (tertiary/aromatic N) is 4. The fraction of sp³-hybridized carbons (Fsp3) is 0.310. The first kappa shape index (κ1) is 52.4. The van der Waals surface area contributed by atoms with Crippen molar-refractivity contribution in [2.75, 3.05) is 77.5 Å². The summed E-state index contributed by atoms with van der Waals surface area (Å²) in [6.07, 6.45) is -2.24. The van der Waals surface area contributed by atoms with Crippen molar-refractivity contribution < 1.29 is 34.0 Å². The van der Waals surface area contributed by atoms with E-state index in [1.54, 1.807) is 68.9 Å². The summed E-state index contributed by atoms with van der Waals surface area (Å²) in [5, 5.41) is 25.4. The summed E-state index contributed by atoms with van der Waals surface area (Å²) in [6.45, 7) is 7.14. The zero-order valence-corrected chi connectivity index (χ0v) is 44.1. The topological polar surface area (TPSA) is 149 Å². The summed E-state index contributed by atoms with van der Waals surface area (Å²) >= 11 is 3.09. The van der Waals surface area contributed by atoms with Crippen LogP contribution in [0.25, 0.3) is 40.3 Å². The second kappa shape index (κ2) is 22.9. The van der Waals surface area contributed by atoms with E-state index in [2.05, 4.69) is 0 Å². The Hall–Kier alpha value is -6.88. The molecule has 0 aliphatic rings. The van der Waals surface area contributed by atoms with Crippen LogP contribution in [-0.4, -0.2) is 124 Å². The Labute approximate surface area is 433 Å². The van der Waals surface area contributed by atoms with Crippen LogP contribution >= 0.6 is 22.7 Å². The molecule has 2 heterocycles. The van der Waals surface area contributed by atoms with E-state index in [-0.39, 0.29) is 62.2 Å². The standard InChI is InChI=1S/C58H62N4O9S2/c1-35-25-45(27-49-53(65)47-13-9-11-15-51(47)72-55(35)49)70-33-43(63)29-61(57(67)39-17-21-41(22-18-39)59(5)6)37(3)31-69-32-38(4)62(58(68)40-19-23-42(24-20-40)60(7)8)30-44(64)34-71-46-26-36(2)56-50(28-46)54(66)48-14-10-12-16-52(48)73-56/h9-28,37-38,43-44,63-64H,29-34H2,1-8H3. The number of aliphatic hydroxyl groups excluding tert-OH is 2. The molecule has 8 rings (SSSR count). The first-order valence-corrected chi connectivity index (χ1v) is 25.9. The van der Waals surface area contributed by atoms with E-state index in [1.807, 2.05) is 151 Å². The highest BCUT2D eigenvalue weighted by Gasteiger charge is 2.28. The van der Waals surface area contributed by atoms with E-state index in [1.165, 1.54) is 0 Å². The van der Waals surface area contributed by atoms with Crippen LogP contribution in [0.5, 0.6) is 11.5 Å². The Morgan fingerprint density at radius 1 is 0.521 bits per heavy atom. The lowest BCUT2D eigenvalue weighted by Gasteiger charge is -2.33. The Balaban J connectivity index is 0.964. The fourth-order valence-corrected chi connectivity index (χ4v) is 11.1.